The molecule has 2 aromatic rings. The number of hydrogen-bond acceptors (Lipinski definition) is 2. The first-order valence-corrected chi connectivity index (χ1v) is 6.72. The van der Waals surface area contributed by atoms with Gasteiger partial charge in [0.15, 0.2) is 0 Å². The number of fused-ring (bicyclic) bond motifs is 1. The minimum Gasteiger partial charge on any atom is -0.341 e. The Morgan fingerprint density at radius 2 is 2.21 bits per heavy atom. The molecular weight excluding hydrogens is 238 g/mol. The van der Waals surface area contributed by atoms with E-state index in [4.69, 9.17) is 5.73 Å². The predicted molar refractivity (Wildman–Crippen MR) is 75.6 cm³/mol. The van der Waals surface area contributed by atoms with E-state index in [-0.39, 0.29) is 5.91 Å². The normalized spacial score (nSPS) is 14.8. The largest absolute Gasteiger partial charge is 0.341 e. The van der Waals surface area contributed by atoms with Gasteiger partial charge in [0.05, 0.1) is 0 Å². The lowest BCUT2D eigenvalue weighted by Crippen LogP contribution is -2.31. The van der Waals surface area contributed by atoms with Crippen LogP contribution in [0.3, 0.4) is 0 Å². The molecule has 3 rings (SSSR count). The van der Waals surface area contributed by atoms with E-state index in [0.29, 0.717) is 19.1 Å². The number of benzene rings is 1. The van der Waals surface area contributed by atoms with Gasteiger partial charge >= 0.3 is 0 Å². The second kappa shape index (κ2) is 4.70. The van der Waals surface area contributed by atoms with Crippen molar-refractivity contribution >= 4 is 16.8 Å². The maximum absolute atomic E-state index is 12.1. The molecule has 0 radical (unpaired) electrons. The molecule has 1 aromatic heterocycles. The Balaban J connectivity index is 1.82. The van der Waals surface area contributed by atoms with E-state index in [9.17, 15) is 4.79 Å². The standard InChI is InChI=1S/C15H19N3O/c1-17(13-3-4-13)15(19)10-18-7-6-12-8-11(9-16)2-5-14(12)18/h2,5-8,13H,3-4,9-10,16H2,1H3. The fraction of sp³-hybridized carbons (Fsp3) is 0.400. The molecule has 1 heterocycles. The third kappa shape index (κ3) is 2.36. The maximum Gasteiger partial charge on any atom is 0.242 e. The van der Waals surface area contributed by atoms with Gasteiger partial charge in [-0.05, 0) is 42.0 Å². The van der Waals surface area contributed by atoms with Crippen LogP contribution in [0.5, 0.6) is 0 Å². The van der Waals surface area contributed by atoms with E-state index in [1.165, 1.54) is 0 Å². The summed E-state index contributed by atoms with van der Waals surface area (Å²) in [7, 11) is 1.90. The lowest BCUT2D eigenvalue weighted by atomic mass is 10.1. The number of hydrogen-bond donors (Lipinski definition) is 1. The van der Waals surface area contributed by atoms with Crippen molar-refractivity contribution in [3.63, 3.8) is 0 Å². The van der Waals surface area contributed by atoms with E-state index >= 15 is 0 Å². The van der Waals surface area contributed by atoms with E-state index in [1.54, 1.807) is 0 Å². The number of nitrogens with two attached hydrogens (primary N) is 1. The van der Waals surface area contributed by atoms with Gasteiger partial charge in [-0.2, -0.15) is 0 Å². The molecule has 1 aliphatic rings. The summed E-state index contributed by atoms with van der Waals surface area (Å²) in [5.74, 6) is 0.183. The SMILES string of the molecule is CN(C(=O)Cn1ccc2cc(CN)ccc21)C1CC1. The molecule has 0 saturated heterocycles. The Kier molecular flexibility index (Phi) is 3.03. The molecule has 4 nitrogen and oxygen atoms in total. The third-order valence-electron chi connectivity index (χ3n) is 3.86. The molecule has 2 N–H and O–H groups in total. The maximum atomic E-state index is 12.1. The van der Waals surface area contributed by atoms with Crippen LogP contribution in [0, 0.1) is 0 Å². The molecule has 0 bridgehead atoms. The van der Waals surface area contributed by atoms with Crippen molar-refractivity contribution in [1.82, 2.24) is 9.47 Å². The Labute approximate surface area is 112 Å². The lowest BCUT2D eigenvalue weighted by Gasteiger charge is -2.17. The summed E-state index contributed by atoms with van der Waals surface area (Å²) in [6.07, 6.45) is 4.27. The van der Waals surface area contributed by atoms with E-state index < -0.39 is 0 Å². The summed E-state index contributed by atoms with van der Waals surface area (Å²) < 4.78 is 2.01. The molecule has 1 fully saturated rings. The average Bonchev–Trinajstić information content (AvgIpc) is 3.20. The molecule has 0 atom stereocenters. The van der Waals surface area contributed by atoms with Crippen LogP contribution in [0.1, 0.15) is 18.4 Å². The molecule has 1 saturated carbocycles. The van der Waals surface area contributed by atoms with Gasteiger partial charge in [0.1, 0.15) is 6.54 Å². The molecular formula is C15H19N3O. The monoisotopic (exact) mass is 257 g/mol. The highest BCUT2D eigenvalue weighted by atomic mass is 16.2. The van der Waals surface area contributed by atoms with Crippen LogP contribution < -0.4 is 5.73 Å². The number of carbonyl (C=O) groups is 1. The first-order valence-electron chi connectivity index (χ1n) is 6.72. The minimum atomic E-state index is 0.183. The van der Waals surface area contributed by atoms with Crippen LogP contribution in [0.4, 0.5) is 0 Å². The van der Waals surface area contributed by atoms with Gasteiger partial charge < -0.3 is 15.2 Å². The van der Waals surface area contributed by atoms with Crippen LogP contribution >= 0.6 is 0 Å². The smallest absolute Gasteiger partial charge is 0.242 e. The van der Waals surface area contributed by atoms with Crippen LogP contribution in [0.15, 0.2) is 30.5 Å². The third-order valence-corrected chi connectivity index (χ3v) is 3.86. The van der Waals surface area contributed by atoms with Crippen molar-refractivity contribution in [2.75, 3.05) is 7.05 Å². The van der Waals surface area contributed by atoms with E-state index in [1.807, 2.05) is 40.9 Å². The van der Waals surface area contributed by atoms with Crippen LogP contribution in [0.2, 0.25) is 0 Å². The molecule has 1 aliphatic carbocycles. The van der Waals surface area contributed by atoms with Crippen LogP contribution in [-0.2, 0) is 17.9 Å². The number of carbonyl (C=O) groups excluding carboxylic acids is 1. The molecule has 0 unspecified atom stereocenters. The zero-order chi connectivity index (χ0) is 13.4. The zero-order valence-electron chi connectivity index (χ0n) is 11.2. The van der Waals surface area contributed by atoms with Gasteiger partial charge in [-0.15, -0.1) is 0 Å². The van der Waals surface area contributed by atoms with Gasteiger partial charge in [-0.3, -0.25) is 4.79 Å². The van der Waals surface area contributed by atoms with Gasteiger partial charge in [-0.1, -0.05) is 6.07 Å². The molecule has 100 valence electrons. The Morgan fingerprint density at radius 3 is 2.89 bits per heavy atom. The summed E-state index contributed by atoms with van der Waals surface area (Å²) in [6, 6.07) is 8.66. The summed E-state index contributed by atoms with van der Waals surface area (Å²) in [4.78, 5) is 14.0. The molecule has 1 aromatic carbocycles. The van der Waals surface area contributed by atoms with E-state index in [0.717, 1.165) is 29.3 Å². The summed E-state index contributed by atoms with van der Waals surface area (Å²) >= 11 is 0. The number of aromatic nitrogens is 1. The topological polar surface area (TPSA) is 51.3 Å². The van der Waals surface area contributed by atoms with Crippen LogP contribution in [-0.4, -0.2) is 28.5 Å². The number of nitrogens with zero attached hydrogens (tertiary/aromatic N) is 2. The van der Waals surface area contributed by atoms with Gasteiger partial charge in [0.2, 0.25) is 5.91 Å². The summed E-state index contributed by atoms with van der Waals surface area (Å²) in [6.45, 7) is 0.961. The quantitative estimate of drug-likeness (QED) is 0.906. The molecule has 4 heteroatoms. The summed E-state index contributed by atoms with van der Waals surface area (Å²) in [5, 5.41) is 1.14. The van der Waals surface area contributed by atoms with Crippen molar-refractivity contribution < 1.29 is 4.79 Å². The highest BCUT2D eigenvalue weighted by Crippen LogP contribution is 2.26. The predicted octanol–water partition coefficient (Wildman–Crippen LogP) is 1.72. The van der Waals surface area contributed by atoms with Gasteiger partial charge in [0.25, 0.3) is 0 Å². The Morgan fingerprint density at radius 1 is 1.42 bits per heavy atom. The fourth-order valence-corrected chi connectivity index (χ4v) is 2.44. The fourth-order valence-electron chi connectivity index (χ4n) is 2.44. The summed E-state index contributed by atoms with van der Waals surface area (Å²) in [5.41, 5.74) is 7.85. The number of likely N-dealkylation sites (N-methyl/N-ethyl adjacent to an activating group) is 1. The van der Waals surface area contributed by atoms with Crippen molar-refractivity contribution in [1.29, 1.82) is 0 Å². The first kappa shape index (κ1) is 12.2. The van der Waals surface area contributed by atoms with Gasteiger partial charge in [0, 0.05) is 31.3 Å². The molecule has 19 heavy (non-hydrogen) atoms. The average molecular weight is 257 g/mol. The van der Waals surface area contributed by atoms with Gasteiger partial charge in [-0.25, -0.2) is 0 Å². The molecule has 1 amide bonds. The van der Waals surface area contributed by atoms with Crippen molar-refractivity contribution in [3.05, 3.63) is 36.0 Å². The Bertz CT molecular complexity index is 613. The second-order valence-electron chi connectivity index (χ2n) is 5.28. The second-order valence-corrected chi connectivity index (χ2v) is 5.28. The molecule has 0 spiro atoms. The number of amides is 1. The van der Waals surface area contributed by atoms with E-state index in [2.05, 4.69) is 6.07 Å². The van der Waals surface area contributed by atoms with Crippen molar-refractivity contribution in [2.45, 2.75) is 32.0 Å². The lowest BCUT2D eigenvalue weighted by molar-refractivity contribution is -0.130. The van der Waals surface area contributed by atoms with Crippen molar-refractivity contribution in [2.24, 2.45) is 5.73 Å². The zero-order valence-corrected chi connectivity index (χ0v) is 11.2. The van der Waals surface area contributed by atoms with Crippen LogP contribution in [0.25, 0.3) is 10.9 Å². The molecule has 0 aliphatic heterocycles. The van der Waals surface area contributed by atoms with Crippen molar-refractivity contribution in [3.8, 4) is 0 Å². The Hall–Kier alpha value is -1.81. The minimum absolute atomic E-state index is 0.183. The highest BCUT2D eigenvalue weighted by Gasteiger charge is 2.29. The highest BCUT2D eigenvalue weighted by molar-refractivity contribution is 5.84. The number of rotatable bonds is 4. The first-order chi connectivity index (χ1) is 9.19.